The predicted octanol–water partition coefficient (Wildman–Crippen LogP) is 1.44. The first kappa shape index (κ1) is 20.8. The number of sulfonamides is 1. The van der Waals surface area contributed by atoms with Gasteiger partial charge in [-0.15, -0.1) is 0 Å². The van der Waals surface area contributed by atoms with Crippen molar-refractivity contribution >= 4 is 47.3 Å². The molecule has 0 saturated heterocycles. The monoisotopic (exact) mass is 500 g/mol. The zero-order chi connectivity index (χ0) is 21.7. The number of fused-ring (bicyclic) bond motifs is 1. The summed E-state index contributed by atoms with van der Waals surface area (Å²) < 4.78 is 66.6. The first-order valence-electron chi connectivity index (χ1n) is 8.67. The molecule has 157 valence electrons. The van der Waals surface area contributed by atoms with E-state index >= 15 is 0 Å². The number of imidazole rings is 1. The van der Waals surface area contributed by atoms with Crippen molar-refractivity contribution in [1.29, 1.82) is 0 Å². The minimum absolute atomic E-state index is 0.0102. The molecule has 3 aromatic rings. The fourth-order valence-corrected chi connectivity index (χ4v) is 5.63. The van der Waals surface area contributed by atoms with Crippen molar-refractivity contribution in [2.75, 3.05) is 6.26 Å². The molecule has 2 heterocycles. The number of rotatable bonds is 5. The number of nitrogens with one attached hydrogen (secondary N) is 1. The molecule has 0 bridgehead atoms. The molecule has 4 rings (SSSR count). The second kappa shape index (κ2) is 7.35. The van der Waals surface area contributed by atoms with Crippen molar-refractivity contribution in [3.63, 3.8) is 0 Å². The van der Waals surface area contributed by atoms with E-state index < -0.39 is 43.7 Å². The quantitative estimate of drug-likeness (QED) is 0.532. The normalized spacial score (nSPS) is 15.2. The molecule has 1 fully saturated rings. The van der Waals surface area contributed by atoms with Gasteiger partial charge in [0.15, 0.2) is 0 Å². The first-order chi connectivity index (χ1) is 14.0. The summed E-state index contributed by atoms with van der Waals surface area (Å²) in [4.78, 5) is 23.8. The molecular weight excluding hydrogens is 486 g/mol. The summed E-state index contributed by atoms with van der Waals surface area (Å²) in [6.07, 6.45) is -0.585. The molecule has 30 heavy (non-hydrogen) atoms. The van der Waals surface area contributed by atoms with Crippen molar-refractivity contribution in [2.24, 2.45) is 0 Å². The molecule has 2 aromatic heterocycles. The van der Waals surface area contributed by atoms with Crippen molar-refractivity contribution in [2.45, 2.75) is 23.7 Å². The third kappa shape index (κ3) is 4.49. The van der Waals surface area contributed by atoms with Gasteiger partial charge in [0.05, 0.1) is 0 Å². The zero-order valence-electron chi connectivity index (χ0n) is 15.4. The van der Waals surface area contributed by atoms with Gasteiger partial charge in [-0.3, -0.25) is 0 Å². The number of nitrogens with zero attached hydrogens (tertiary/aromatic N) is 4. The van der Waals surface area contributed by atoms with E-state index in [4.69, 9.17) is 0 Å². The van der Waals surface area contributed by atoms with Crippen molar-refractivity contribution in [1.82, 2.24) is 24.2 Å². The summed E-state index contributed by atoms with van der Waals surface area (Å²) in [6, 6.07) is 5.79. The summed E-state index contributed by atoms with van der Waals surface area (Å²) in [7, 11) is -3.77. The summed E-state index contributed by atoms with van der Waals surface area (Å²) in [5.41, 5.74) is 0.637. The van der Waals surface area contributed by atoms with Crippen LogP contribution < -0.4 is 9.20 Å². The molecule has 0 spiro atoms. The summed E-state index contributed by atoms with van der Waals surface area (Å²) >= 11 is -0.571. The number of hydrogen-bond acceptors (Lipinski definition) is 6. The van der Waals surface area contributed by atoms with E-state index in [1.54, 1.807) is 6.07 Å². The van der Waals surface area contributed by atoms with Gasteiger partial charge in [0.25, 0.3) is 0 Å². The zero-order valence-corrected chi connectivity index (χ0v) is 18.1. The number of benzene rings is 1. The van der Waals surface area contributed by atoms with Crippen molar-refractivity contribution in [3.8, 4) is 5.69 Å². The van der Waals surface area contributed by atoms with Crippen LogP contribution in [0.4, 0.5) is 13.2 Å². The molecule has 13 heteroatoms. The number of carbonyl (C=O) groups excluding carboxylic acids is 1. The molecule has 1 aliphatic rings. The van der Waals surface area contributed by atoms with Gasteiger partial charge in [0.2, 0.25) is 0 Å². The number of halogens is 3. The Morgan fingerprint density at radius 3 is 2.63 bits per heavy atom. The van der Waals surface area contributed by atoms with Gasteiger partial charge >= 0.3 is 176 Å². The Bertz CT molecular complexity index is 1260. The third-order valence-electron chi connectivity index (χ3n) is 4.15. The molecule has 0 unspecified atom stereocenters. The van der Waals surface area contributed by atoms with Gasteiger partial charge in [-0.25, -0.2) is 0 Å². The number of carbonyl (C=O) groups is 1. The van der Waals surface area contributed by atoms with Gasteiger partial charge in [-0.2, -0.15) is 0 Å². The Balaban J connectivity index is 1.81. The molecule has 1 radical (unpaired) electrons. The fraction of sp³-hybridized carbons (Fsp3) is 0.294. The van der Waals surface area contributed by atoms with Crippen LogP contribution in [0.1, 0.15) is 29.0 Å². The average Bonchev–Trinajstić information content (AvgIpc) is 3.35. The molecule has 0 atom stereocenters. The molecule has 1 saturated carbocycles. The Morgan fingerprint density at radius 2 is 2.00 bits per heavy atom. The van der Waals surface area contributed by atoms with Crippen LogP contribution in [-0.2, 0) is 16.2 Å². The summed E-state index contributed by atoms with van der Waals surface area (Å²) in [5, 5.41) is 0. The SMILES string of the molecule is CS(=O)(=O)NC(=O)c1cccc(-n2cnc3c([As]C4CC4)nc(C(F)(F)F)nc32)c1. The minimum atomic E-state index is -4.71. The van der Waals surface area contributed by atoms with E-state index in [9.17, 15) is 26.4 Å². The number of alkyl halides is 3. The van der Waals surface area contributed by atoms with E-state index in [1.165, 1.54) is 29.1 Å². The molecular formula is C17H14AsF3N5O3S. The topological polar surface area (TPSA) is 107 Å². The molecule has 1 N–H and O–H groups in total. The summed E-state index contributed by atoms with van der Waals surface area (Å²) in [6.45, 7) is 0. The number of aromatic nitrogens is 4. The second-order valence-electron chi connectivity index (χ2n) is 6.77. The summed E-state index contributed by atoms with van der Waals surface area (Å²) in [5.74, 6) is -2.08. The van der Waals surface area contributed by atoms with Gasteiger partial charge in [0.1, 0.15) is 0 Å². The van der Waals surface area contributed by atoms with Crippen LogP contribution >= 0.6 is 0 Å². The van der Waals surface area contributed by atoms with Gasteiger partial charge in [0, 0.05) is 0 Å². The van der Waals surface area contributed by atoms with E-state index in [2.05, 4.69) is 15.0 Å². The maximum atomic E-state index is 13.4. The maximum absolute atomic E-state index is 13.4. The average molecular weight is 500 g/mol. The van der Waals surface area contributed by atoms with Crippen LogP contribution in [0.5, 0.6) is 0 Å². The van der Waals surface area contributed by atoms with Gasteiger partial charge < -0.3 is 0 Å². The fourth-order valence-electron chi connectivity index (χ4n) is 2.69. The molecule has 1 aliphatic carbocycles. The first-order valence-corrected chi connectivity index (χ1v) is 12.6. The Labute approximate surface area is 175 Å². The number of hydrogen-bond donors (Lipinski definition) is 1. The van der Waals surface area contributed by atoms with Crippen molar-refractivity contribution < 1.29 is 26.4 Å². The van der Waals surface area contributed by atoms with Crippen LogP contribution in [0.2, 0.25) is 4.71 Å². The van der Waals surface area contributed by atoms with Crippen LogP contribution in [0, 0.1) is 0 Å². The predicted molar refractivity (Wildman–Crippen MR) is 102 cm³/mol. The van der Waals surface area contributed by atoms with E-state index in [-0.39, 0.29) is 11.2 Å². The Hall–Kier alpha value is -2.46. The Kier molecular flexibility index (Phi) is 5.09. The van der Waals surface area contributed by atoms with Crippen LogP contribution in [0.3, 0.4) is 0 Å². The van der Waals surface area contributed by atoms with E-state index in [1.807, 2.05) is 4.72 Å². The molecule has 1 aromatic carbocycles. The second-order valence-corrected chi connectivity index (χ2v) is 11.5. The van der Waals surface area contributed by atoms with Crippen LogP contribution in [0.25, 0.3) is 16.9 Å². The van der Waals surface area contributed by atoms with Gasteiger partial charge in [-0.05, 0) is 0 Å². The molecule has 0 aliphatic heterocycles. The molecule has 1 amide bonds. The molecule has 8 nitrogen and oxygen atoms in total. The van der Waals surface area contributed by atoms with Gasteiger partial charge in [-0.1, -0.05) is 0 Å². The van der Waals surface area contributed by atoms with E-state index in [0.29, 0.717) is 20.4 Å². The third-order valence-corrected chi connectivity index (χ3v) is 7.72. The number of amides is 1. The van der Waals surface area contributed by atoms with Crippen molar-refractivity contribution in [3.05, 3.63) is 42.0 Å². The van der Waals surface area contributed by atoms with E-state index in [0.717, 1.165) is 19.1 Å². The van der Waals surface area contributed by atoms with Crippen LogP contribution in [-0.4, -0.2) is 55.9 Å². The standard InChI is InChI=1S/C17H14AsF3N5O3S/c1-30(28,29)25-15(27)9-3-2-4-11(7-9)26-8-22-12-13(18-10-5-6-10)23-16(17(19,20)21)24-14(12)26/h2-4,7-8,10H,5-6H2,1H3,(H,25,27). The Morgan fingerprint density at radius 1 is 1.27 bits per heavy atom. The van der Waals surface area contributed by atoms with Crippen LogP contribution in [0.15, 0.2) is 30.6 Å².